The first-order valence-corrected chi connectivity index (χ1v) is 12.3. The summed E-state index contributed by atoms with van der Waals surface area (Å²) in [4.78, 5) is 10.4. The summed E-state index contributed by atoms with van der Waals surface area (Å²) >= 11 is 0. The van der Waals surface area contributed by atoms with E-state index in [0.29, 0.717) is 41.1 Å². The Labute approximate surface area is 219 Å². The quantitative estimate of drug-likeness (QED) is 0.211. The molecule has 0 bridgehead atoms. The monoisotopic (exact) mass is 537 g/mol. The van der Waals surface area contributed by atoms with E-state index >= 15 is 0 Å². The molecule has 0 spiro atoms. The minimum atomic E-state index is -4.53. The van der Waals surface area contributed by atoms with Crippen molar-refractivity contribution in [3.63, 3.8) is 0 Å². The highest BCUT2D eigenvalue weighted by molar-refractivity contribution is 5.94. The van der Waals surface area contributed by atoms with Crippen molar-refractivity contribution >= 4 is 10.9 Å². The number of alkyl halides is 3. The highest BCUT2D eigenvalue weighted by Crippen LogP contribution is 2.36. The highest BCUT2D eigenvalue weighted by Gasteiger charge is 2.30. The number of fused-ring (bicyclic) bond motifs is 2. The van der Waals surface area contributed by atoms with Gasteiger partial charge in [0.1, 0.15) is 11.4 Å². The number of aromatic amines is 2. The summed E-state index contributed by atoms with van der Waals surface area (Å²) in [6.45, 7) is 2.12. The summed E-state index contributed by atoms with van der Waals surface area (Å²) in [5, 5.41) is 27.4. The molecule has 0 saturated carbocycles. The number of phenolic OH excluding ortho intramolecular Hbond substituents is 2. The number of rotatable bonds is 5. The molecule has 0 aliphatic carbocycles. The molecule has 0 radical (unpaired) electrons. The molecule has 0 fully saturated rings. The van der Waals surface area contributed by atoms with Gasteiger partial charge in [0.25, 0.3) is 0 Å². The zero-order chi connectivity index (χ0) is 27.3. The molecular weight excluding hydrogens is 514 g/mol. The first-order chi connectivity index (χ1) is 18.6. The third-order valence-corrected chi connectivity index (χ3v) is 6.89. The summed E-state index contributed by atoms with van der Waals surface area (Å²) in [6.07, 6.45) is -5.06. The molecule has 1 aliphatic heterocycles. The van der Waals surface area contributed by atoms with Gasteiger partial charge in [-0.15, -0.1) is 0 Å². The van der Waals surface area contributed by atoms with E-state index in [9.17, 15) is 27.8 Å². The fraction of sp³-hybridized carbons (Fsp3) is 0.214. The van der Waals surface area contributed by atoms with Crippen molar-refractivity contribution in [2.75, 3.05) is 6.54 Å². The summed E-state index contributed by atoms with van der Waals surface area (Å²) in [5.74, 6) is -1.02. The van der Waals surface area contributed by atoms with Crippen molar-refractivity contribution in [1.82, 2.24) is 25.1 Å². The van der Waals surface area contributed by atoms with E-state index in [1.165, 1.54) is 0 Å². The van der Waals surface area contributed by atoms with Gasteiger partial charge in [0.2, 0.25) is 0 Å². The average Bonchev–Trinajstić information content (AvgIpc) is 3.48. The molecule has 39 heavy (non-hydrogen) atoms. The smallest absolute Gasteiger partial charge is 0.393 e. The Morgan fingerprint density at radius 1 is 1.03 bits per heavy atom. The van der Waals surface area contributed by atoms with E-state index in [1.54, 1.807) is 30.3 Å². The van der Waals surface area contributed by atoms with Gasteiger partial charge in [-0.2, -0.15) is 18.3 Å². The number of imidazole rings is 1. The molecule has 0 atom stereocenters. The predicted octanol–water partition coefficient (Wildman–Crippen LogP) is 5.83. The minimum Gasteiger partial charge on any atom is -0.508 e. The number of benzene rings is 3. The number of aromatic hydroxyl groups is 2. The van der Waals surface area contributed by atoms with Gasteiger partial charge in [0.05, 0.1) is 17.6 Å². The van der Waals surface area contributed by atoms with Crippen LogP contribution >= 0.6 is 0 Å². The topological polar surface area (TPSA) is 101 Å². The molecule has 0 unspecified atom stereocenters. The normalized spacial score (nSPS) is 14.2. The Bertz CT molecular complexity index is 1690. The van der Waals surface area contributed by atoms with Crippen LogP contribution in [0.1, 0.15) is 22.5 Å². The third-order valence-electron chi connectivity index (χ3n) is 6.89. The fourth-order valence-electron chi connectivity index (χ4n) is 5.11. The number of halogens is 4. The van der Waals surface area contributed by atoms with Gasteiger partial charge in [0, 0.05) is 37.1 Å². The molecule has 5 aromatic rings. The zero-order valence-corrected chi connectivity index (χ0v) is 20.5. The second-order valence-electron chi connectivity index (χ2n) is 9.73. The Morgan fingerprint density at radius 2 is 1.87 bits per heavy atom. The number of phenols is 2. The number of nitrogens with zero attached hydrogens (tertiary/aromatic N) is 3. The van der Waals surface area contributed by atoms with Crippen LogP contribution in [0.15, 0.2) is 54.6 Å². The van der Waals surface area contributed by atoms with Gasteiger partial charge in [-0.1, -0.05) is 18.2 Å². The molecule has 3 aromatic carbocycles. The molecule has 11 heteroatoms. The van der Waals surface area contributed by atoms with Gasteiger partial charge >= 0.3 is 6.18 Å². The first-order valence-electron chi connectivity index (χ1n) is 12.3. The predicted molar refractivity (Wildman–Crippen MR) is 136 cm³/mol. The van der Waals surface area contributed by atoms with Crippen molar-refractivity contribution in [1.29, 1.82) is 0 Å². The van der Waals surface area contributed by atoms with Crippen LogP contribution in [0.2, 0.25) is 0 Å². The van der Waals surface area contributed by atoms with Crippen LogP contribution in [-0.2, 0) is 25.9 Å². The van der Waals surface area contributed by atoms with E-state index < -0.39 is 24.2 Å². The second-order valence-corrected chi connectivity index (χ2v) is 9.73. The van der Waals surface area contributed by atoms with E-state index in [2.05, 4.69) is 20.1 Å². The van der Waals surface area contributed by atoms with Crippen LogP contribution < -0.4 is 0 Å². The van der Waals surface area contributed by atoms with E-state index in [1.807, 2.05) is 12.1 Å². The average molecular weight is 538 g/mol. The lowest BCUT2D eigenvalue weighted by Crippen LogP contribution is -2.30. The van der Waals surface area contributed by atoms with Crippen LogP contribution in [0.4, 0.5) is 17.6 Å². The third kappa shape index (κ3) is 5.05. The molecule has 3 heterocycles. The second kappa shape index (κ2) is 9.42. The highest BCUT2D eigenvalue weighted by atomic mass is 19.4. The largest absolute Gasteiger partial charge is 0.508 e. The van der Waals surface area contributed by atoms with Crippen LogP contribution in [0.5, 0.6) is 11.5 Å². The fourth-order valence-corrected chi connectivity index (χ4v) is 5.11. The number of aromatic nitrogens is 4. The van der Waals surface area contributed by atoms with E-state index in [4.69, 9.17) is 4.98 Å². The van der Waals surface area contributed by atoms with Crippen molar-refractivity contribution < 1.29 is 27.8 Å². The molecule has 200 valence electrons. The van der Waals surface area contributed by atoms with Gasteiger partial charge in [-0.05, 0) is 58.7 Å². The number of hydrogen-bond acceptors (Lipinski definition) is 5. The molecule has 1 aliphatic rings. The number of hydrogen-bond donors (Lipinski definition) is 4. The molecule has 4 N–H and O–H groups in total. The molecule has 0 amide bonds. The Kier molecular flexibility index (Phi) is 6.02. The van der Waals surface area contributed by atoms with Crippen LogP contribution in [0.25, 0.3) is 33.5 Å². The summed E-state index contributed by atoms with van der Waals surface area (Å²) in [7, 11) is 0. The van der Waals surface area contributed by atoms with Crippen molar-refractivity contribution in [3.8, 4) is 34.1 Å². The molecular formula is C28H23F4N5O2. The van der Waals surface area contributed by atoms with Gasteiger partial charge < -0.3 is 15.2 Å². The Morgan fingerprint density at radius 3 is 2.67 bits per heavy atom. The van der Waals surface area contributed by atoms with Gasteiger partial charge in [-0.25, -0.2) is 9.37 Å². The maximum absolute atomic E-state index is 14.1. The van der Waals surface area contributed by atoms with E-state index in [0.717, 1.165) is 42.0 Å². The van der Waals surface area contributed by atoms with E-state index in [-0.39, 0.29) is 16.9 Å². The lowest BCUT2D eigenvalue weighted by Gasteiger charge is -2.25. The molecule has 0 saturated heterocycles. The molecule has 2 aromatic heterocycles. The lowest BCUT2D eigenvalue weighted by molar-refractivity contribution is -0.127. The SMILES string of the molecule is Oc1cccc(CN2CCc3[nH]c(-c4n[nH]c5cc(-c6cc(F)c(O)cc6CC(F)(F)F)ccc45)nc3C2)c1. The number of H-pyrrole nitrogens is 2. The van der Waals surface area contributed by atoms with Gasteiger partial charge in [0.15, 0.2) is 17.4 Å². The van der Waals surface area contributed by atoms with Crippen molar-refractivity contribution in [2.24, 2.45) is 0 Å². The standard InChI is InChI=1S/C28H23F4N5O2/c29-21-11-20(17(10-25(21)39)12-28(30,31)32)16-4-5-19-23(9-16)35-36-26(19)27-33-22-6-7-37(14-24(22)34-27)13-15-2-1-3-18(38)8-15/h1-5,8-11,38-39H,6-7,12-14H2,(H,33,34)(H,35,36). The summed E-state index contributed by atoms with van der Waals surface area (Å²) in [6, 6.07) is 13.8. The van der Waals surface area contributed by atoms with Crippen LogP contribution in [-0.4, -0.2) is 48.0 Å². The number of nitrogens with one attached hydrogen (secondary N) is 2. The lowest BCUT2D eigenvalue weighted by atomic mass is 9.96. The Hall–Kier alpha value is -4.38. The summed E-state index contributed by atoms with van der Waals surface area (Å²) in [5.41, 5.74) is 4.22. The Balaban J connectivity index is 1.28. The minimum absolute atomic E-state index is 0.0426. The zero-order valence-electron chi connectivity index (χ0n) is 20.5. The van der Waals surface area contributed by atoms with Crippen molar-refractivity contribution in [3.05, 3.63) is 82.9 Å². The van der Waals surface area contributed by atoms with Crippen LogP contribution in [0, 0.1) is 5.82 Å². The maximum atomic E-state index is 14.1. The van der Waals surface area contributed by atoms with Gasteiger partial charge in [-0.3, -0.25) is 10.00 Å². The summed E-state index contributed by atoms with van der Waals surface area (Å²) < 4.78 is 53.6. The molecule has 6 rings (SSSR count). The molecule has 7 nitrogen and oxygen atoms in total. The van der Waals surface area contributed by atoms with Crippen LogP contribution in [0.3, 0.4) is 0 Å². The maximum Gasteiger partial charge on any atom is 0.393 e. The van der Waals surface area contributed by atoms with Crippen molar-refractivity contribution in [2.45, 2.75) is 32.1 Å². The first kappa shape index (κ1) is 24.9.